The van der Waals surface area contributed by atoms with Gasteiger partial charge < -0.3 is 38.6 Å². The Kier molecular flexibility index (Phi) is 20.8. The lowest BCUT2D eigenvalue weighted by atomic mass is 9.65. The fourth-order valence-electron chi connectivity index (χ4n) is 12.7. The second kappa shape index (κ2) is 22.4. The normalized spacial score (nSPS) is 40.2. The van der Waals surface area contributed by atoms with Gasteiger partial charge in [-0.3, -0.25) is 24.0 Å². The Hall–Kier alpha value is -2.50. The molecule has 0 aromatic carbocycles. The lowest BCUT2D eigenvalue weighted by molar-refractivity contribution is -0.181. The van der Waals surface area contributed by atoms with Crippen LogP contribution in [0.5, 0.6) is 0 Å². The largest absolute Gasteiger partial charge is 0.462 e. The van der Waals surface area contributed by atoms with E-state index < -0.39 is 40.9 Å². The fourth-order valence-corrected chi connectivity index (χ4v) is 12.7. The van der Waals surface area contributed by atoms with Crippen LogP contribution in [0.3, 0.4) is 0 Å². The van der Waals surface area contributed by atoms with Crippen LogP contribution in [0.4, 0.5) is 0 Å². The van der Waals surface area contributed by atoms with Gasteiger partial charge in [-0.15, -0.1) is 36.4 Å². The monoisotopic (exact) mass is 998 g/mol. The molecule has 0 aromatic heterocycles. The molecular weight excluding hydrogens is 923 g/mol. The summed E-state index contributed by atoms with van der Waals surface area (Å²) in [6, 6.07) is 0. The van der Waals surface area contributed by atoms with E-state index in [2.05, 4.69) is 46.5 Å². The van der Waals surface area contributed by atoms with Crippen molar-refractivity contribution >= 4 is 72.2 Å². The van der Waals surface area contributed by atoms with Crippen molar-refractivity contribution in [2.24, 2.45) is 64.1 Å². The van der Waals surface area contributed by atoms with Crippen LogP contribution in [-0.2, 0) is 57.2 Å². The average molecular weight is 999 g/mol. The molecule has 0 radical (unpaired) electrons. The number of halogens is 2. The highest BCUT2D eigenvalue weighted by Gasteiger charge is 2.68. The van der Waals surface area contributed by atoms with E-state index in [0.717, 1.165) is 12.8 Å². The van der Waals surface area contributed by atoms with E-state index in [9.17, 15) is 28.8 Å². The molecule has 0 amide bonds. The Morgan fingerprint density at radius 3 is 1.49 bits per heavy atom. The van der Waals surface area contributed by atoms with Gasteiger partial charge >= 0.3 is 35.8 Å². The van der Waals surface area contributed by atoms with Gasteiger partial charge in [0.05, 0.1) is 11.8 Å². The predicted octanol–water partition coefficient (Wildman–Crippen LogP) is 6.43. The molecule has 4 aliphatic carbocycles. The molecule has 2 heterocycles. The second-order valence-corrected chi connectivity index (χ2v) is 18.8. The van der Waals surface area contributed by atoms with Gasteiger partial charge in [-0.2, -0.15) is 0 Å². The average Bonchev–Trinajstić information content (AvgIpc) is 3.67. The molecule has 352 valence electrons. The summed E-state index contributed by atoms with van der Waals surface area (Å²) < 4.78 is 34.7. The Bertz CT molecular complexity index is 1600. The number of ether oxygens (including phenoxy) is 6. The first-order valence-electron chi connectivity index (χ1n) is 21.0. The summed E-state index contributed by atoms with van der Waals surface area (Å²) in [5.41, 5.74) is -0.836. The number of esters is 6. The van der Waals surface area contributed by atoms with Crippen molar-refractivity contribution in [3.05, 3.63) is 12.2 Å². The number of fused-ring (bicyclic) bond motifs is 4. The standard InChI is InChI=1S/C22H35NO6.C20H28O6.C2H7N.CH4.ClH.HI/c1-11-8-16-18(15(10-23(6)7)21(26)29-16)20(28-14(4)25)22(5)17(27-13(3)24)9-12(2)19(11)22;1-9-7-14-16(11(3)19(23)26-14)18(25-13(5)22)20(6)15(24-12(4)21)8-10(2)17(9)20;1-3-2;;;/h11-12,15-20H,8-10H2,1-7H3;9-10,14-18H,3,7-8H2,1-2,4-6H3;3H,1-2H3;1H4;2*1H/t11-,12+,15-,16+,17+,18-,19-,20+,22-;9-,10+,14+,15+,16-,17-,18+,20-;;;;/m11..../s1. The van der Waals surface area contributed by atoms with Gasteiger partial charge in [-0.25, -0.2) is 4.79 Å². The van der Waals surface area contributed by atoms with Gasteiger partial charge in [0.25, 0.3) is 0 Å². The van der Waals surface area contributed by atoms with Gasteiger partial charge in [0.15, 0.2) is 0 Å². The van der Waals surface area contributed by atoms with Crippen molar-refractivity contribution in [2.75, 3.05) is 34.7 Å². The smallest absolute Gasteiger partial charge is 0.334 e. The number of hydrogen-bond acceptors (Lipinski definition) is 14. The molecule has 14 nitrogen and oxygen atoms in total. The maximum atomic E-state index is 12.8. The highest BCUT2D eigenvalue weighted by molar-refractivity contribution is 14.0. The first-order valence-corrected chi connectivity index (χ1v) is 21.0. The lowest BCUT2D eigenvalue weighted by Crippen LogP contribution is -2.53. The first-order chi connectivity index (χ1) is 26.9. The molecule has 6 rings (SSSR count). The lowest BCUT2D eigenvalue weighted by Gasteiger charge is -2.45. The number of rotatable bonds is 6. The Morgan fingerprint density at radius 2 is 1.08 bits per heavy atom. The summed E-state index contributed by atoms with van der Waals surface area (Å²) in [4.78, 5) is 74.7. The first kappa shape index (κ1) is 56.5. The number of hydrogen-bond donors (Lipinski definition) is 1. The topological polar surface area (TPSA) is 173 Å². The number of carbonyl (C=O) groups excluding carboxylic acids is 6. The van der Waals surface area contributed by atoms with Crippen LogP contribution in [0.15, 0.2) is 12.2 Å². The molecule has 6 aliphatic rings. The summed E-state index contributed by atoms with van der Waals surface area (Å²) in [7, 11) is 7.59. The van der Waals surface area contributed by atoms with E-state index in [0.29, 0.717) is 36.8 Å². The molecule has 17 atom stereocenters. The fraction of sp³-hybridized carbons (Fsp3) is 0.822. The minimum atomic E-state index is -0.617. The van der Waals surface area contributed by atoms with E-state index >= 15 is 0 Å². The second-order valence-electron chi connectivity index (χ2n) is 18.8. The summed E-state index contributed by atoms with van der Waals surface area (Å²) in [5, 5.41) is 2.75. The minimum Gasteiger partial charge on any atom is -0.462 e. The molecule has 0 aromatic rings. The van der Waals surface area contributed by atoms with Gasteiger partial charge in [0.1, 0.15) is 36.6 Å². The molecule has 16 heteroatoms. The molecule has 4 saturated carbocycles. The van der Waals surface area contributed by atoms with E-state index in [4.69, 9.17) is 28.4 Å². The number of carbonyl (C=O) groups is 6. The van der Waals surface area contributed by atoms with E-state index in [1.54, 1.807) is 0 Å². The van der Waals surface area contributed by atoms with Crippen LogP contribution < -0.4 is 5.32 Å². The molecule has 0 spiro atoms. The van der Waals surface area contributed by atoms with Crippen LogP contribution in [-0.4, -0.2) is 112 Å². The molecule has 61 heavy (non-hydrogen) atoms. The molecule has 0 unspecified atom stereocenters. The third-order valence-corrected chi connectivity index (χ3v) is 14.1. The molecule has 0 bridgehead atoms. The number of nitrogens with one attached hydrogen (secondary N) is 1. The van der Waals surface area contributed by atoms with Gasteiger partial charge in [0, 0.05) is 56.6 Å². The summed E-state index contributed by atoms with van der Waals surface area (Å²) in [6.45, 7) is 22.8. The van der Waals surface area contributed by atoms with Crippen molar-refractivity contribution < 1.29 is 57.2 Å². The zero-order chi connectivity index (χ0) is 43.8. The van der Waals surface area contributed by atoms with Crippen LogP contribution in [0, 0.1) is 64.1 Å². The van der Waals surface area contributed by atoms with Gasteiger partial charge in [0.2, 0.25) is 0 Å². The highest BCUT2D eigenvalue weighted by atomic mass is 127. The molecule has 1 N–H and O–H groups in total. The maximum absolute atomic E-state index is 12.8. The highest BCUT2D eigenvalue weighted by Crippen LogP contribution is 2.62. The third-order valence-electron chi connectivity index (χ3n) is 14.1. The van der Waals surface area contributed by atoms with Crippen molar-refractivity contribution in [3.8, 4) is 0 Å². The van der Waals surface area contributed by atoms with Crippen molar-refractivity contribution in [1.29, 1.82) is 0 Å². The van der Waals surface area contributed by atoms with Crippen molar-refractivity contribution in [2.45, 2.75) is 139 Å². The minimum absolute atomic E-state index is 0. The molecule has 2 aliphatic heterocycles. The van der Waals surface area contributed by atoms with Crippen LogP contribution in [0.1, 0.15) is 102 Å². The Labute approximate surface area is 387 Å². The van der Waals surface area contributed by atoms with Crippen molar-refractivity contribution in [3.63, 3.8) is 0 Å². The summed E-state index contributed by atoms with van der Waals surface area (Å²) in [5.74, 6) is -1.75. The van der Waals surface area contributed by atoms with Gasteiger partial charge in [-0.05, 0) is 89.4 Å². The van der Waals surface area contributed by atoms with Crippen molar-refractivity contribution in [1.82, 2.24) is 10.2 Å². The zero-order valence-electron chi connectivity index (χ0n) is 38.1. The summed E-state index contributed by atoms with van der Waals surface area (Å²) >= 11 is 0. The molecular formula is C45H76ClIN2O12. The molecule has 2 saturated heterocycles. The quantitative estimate of drug-likeness (QED) is 0.134. The third kappa shape index (κ3) is 11.2. The van der Waals surface area contributed by atoms with Crippen LogP contribution in [0.25, 0.3) is 0 Å². The van der Waals surface area contributed by atoms with E-state index in [1.807, 2.05) is 40.0 Å². The zero-order valence-corrected chi connectivity index (χ0v) is 41.2. The van der Waals surface area contributed by atoms with E-state index in [-0.39, 0.29) is 128 Å². The predicted molar refractivity (Wildman–Crippen MR) is 243 cm³/mol. The summed E-state index contributed by atoms with van der Waals surface area (Å²) in [6.07, 6.45) is 0.296. The maximum Gasteiger partial charge on any atom is 0.334 e. The van der Waals surface area contributed by atoms with Crippen LogP contribution in [0.2, 0.25) is 0 Å². The Morgan fingerprint density at radius 1 is 0.705 bits per heavy atom. The Balaban J connectivity index is 0.000000550. The van der Waals surface area contributed by atoms with Crippen LogP contribution >= 0.6 is 36.4 Å². The number of nitrogens with zero attached hydrogens (tertiary/aromatic N) is 1. The van der Waals surface area contributed by atoms with E-state index in [1.165, 1.54) is 27.7 Å². The van der Waals surface area contributed by atoms with Gasteiger partial charge in [-0.1, -0.05) is 55.5 Å². The molecule has 6 fully saturated rings. The SMILES string of the molecule is C.C=C1C(=O)O[C@H]2C[C@@H](C)[C@@H]3[C@@H](C)C[C@H](OC(C)=O)[C@@]3(C)[C@@H](OC(C)=O)[C@H]12.CC(=O)O[C@H]1C[C@H](C)[C@H]2[C@H](C)C[C@@H]3OC(=O)[C@H](CN(C)C)[C@H]3[C@H](OC(C)=O)[C@@]21C.CNC.Cl.I.